The van der Waals surface area contributed by atoms with Crippen LogP contribution in [-0.2, 0) is 11.0 Å². The van der Waals surface area contributed by atoms with E-state index in [0.29, 0.717) is 11.2 Å². The van der Waals surface area contributed by atoms with Gasteiger partial charge in [-0.1, -0.05) is 17.8 Å². The summed E-state index contributed by atoms with van der Waals surface area (Å²) in [4.78, 5) is 20.3. The molecule has 5 nitrogen and oxygen atoms in total. The van der Waals surface area contributed by atoms with E-state index < -0.39 is 17.6 Å². The van der Waals surface area contributed by atoms with Gasteiger partial charge in [0.05, 0.1) is 11.3 Å². The van der Waals surface area contributed by atoms with Gasteiger partial charge in [0.25, 0.3) is 5.22 Å². The number of halogens is 3. The summed E-state index contributed by atoms with van der Waals surface area (Å²) in [6.45, 7) is 1.82. The van der Waals surface area contributed by atoms with Crippen LogP contribution in [0, 0.1) is 6.92 Å². The topological polar surface area (TPSA) is 68.0 Å². The van der Waals surface area contributed by atoms with Gasteiger partial charge in [0.15, 0.2) is 11.2 Å². The molecule has 0 saturated carbocycles. The standard InChI is InChI=1S/C16H12F3N3O2S/c1-9-5-6-12-14(20-9)22-15(24-12)25-8-13(23)21-11-4-2-3-10(7-11)16(17,18)19/h2-7H,8H2,1H3,(H,21,23). The summed E-state index contributed by atoms with van der Waals surface area (Å²) < 4.78 is 43.4. The van der Waals surface area contributed by atoms with Crippen molar-refractivity contribution < 1.29 is 22.4 Å². The second kappa shape index (κ2) is 6.75. The lowest BCUT2D eigenvalue weighted by molar-refractivity contribution is -0.137. The first-order valence-corrected chi connectivity index (χ1v) is 8.14. The summed E-state index contributed by atoms with van der Waals surface area (Å²) in [5.74, 6) is -0.516. The number of anilines is 1. The van der Waals surface area contributed by atoms with E-state index >= 15 is 0 Å². The van der Waals surface area contributed by atoms with Crippen molar-refractivity contribution in [1.29, 1.82) is 0 Å². The number of carbonyl (C=O) groups is 1. The maximum atomic E-state index is 12.7. The highest BCUT2D eigenvalue weighted by Crippen LogP contribution is 2.30. The number of hydrogen-bond donors (Lipinski definition) is 1. The molecule has 0 bridgehead atoms. The Morgan fingerprint density at radius 3 is 2.80 bits per heavy atom. The number of alkyl halides is 3. The second-order valence-corrected chi connectivity index (χ2v) is 6.10. The number of rotatable bonds is 4. The van der Waals surface area contributed by atoms with E-state index in [4.69, 9.17) is 4.42 Å². The van der Waals surface area contributed by atoms with Gasteiger partial charge in [-0.25, -0.2) is 4.98 Å². The SMILES string of the molecule is Cc1ccc2oc(SCC(=O)Nc3cccc(C(F)(F)F)c3)nc2n1. The normalized spacial score (nSPS) is 11.7. The maximum Gasteiger partial charge on any atom is 0.416 e. The van der Waals surface area contributed by atoms with E-state index in [2.05, 4.69) is 15.3 Å². The van der Waals surface area contributed by atoms with Gasteiger partial charge in [-0.3, -0.25) is 4.79 Å². The van der Waals surface area contributed by atoms with E-state index in [-0.39, 0.29) is 16.7 Å². The molecule has 2 heterocycles. The third-order valence-corrected chi connectivity index (χ3v) is 4.00. The Labute approximate surface area is 144 Å². The molecule has 0 atom stereocenters. The lowest BCUT2D eigenvalue weighted by Gasteiger charge is -2.09. The van der Waals surface area contributed by atoms with Crippen LogP contribution in [0.15, 0.2) is 46.0 Å². The molecule has 0 aliphatic rings. The molecule has 130 valence electrons. The zero-order chi connectivity index (χ0) is 18.0. The first-order chi connectivity index (χ1) is 11.8. The third kappa shape index (κ3) is 4.30. The van der Waals surface area contributed by atoms with Crippen LogP contribution in [0.5, 0.6) is 0 Å². The zero-order valence-corrected chi connectivity index (χ0v) is 13.7. The van der Waals surface area contributed by atoms with Crippen molar-refractivity contribution >= 4 is 34.6 Å². The average molecular weight is 367 g/mol. The molecule has 0 radical (unpaired) electrons. The fourth-order valence-corrected chi connectivity index (χ4v) is 2.68. The van der Waals surface area contributed by atoms with Crippen LogP contribution in [0.1, 0.15) is 11.3 Å². The number of hydrogen-bond acceptors (Lipinski definition) is 5. The summed E-state index contributed by atoms with van der Waals surface area (Å²) in [5, 5.41) is 2.69. The van der Waals surface area contributed by atoms with Crippen molar-refractivity contribution in [3.63, 3.8) is 0 Å². The number of benzene rings is 1. The van der Waals surface area contributed by atoms with Gasteiger partial charge in [0.2, 0.25) is 5.91 Å². The molecule has 0 fully saturated rings. The number of fused-ring (bicyclic) bond motifs is 1. The minimum Gasteiger partial charge on any atom is -0.430 e. The van der Waals surface area contributed by atoms with Crippen molar-refractivity contribution in [3.05, 3.63) is 47.7 Å². The first kappa shape index (κ1) is 17.3. The van der Waals surface area contributed by atoms with Crippen LogP contribution in [-0.4, -0.2) is 21.6 Å². The minimum atomic E-state index is -4.46. The van der Waals surface area contributed by atoms with Gasteiger partial charge >= 0.3 is 6.18 Å². The number of carbonyl (C=O) groups excluding carboxylic acids is 1. The summed E-state index contributed by atoms with van der Waals surface area (Å²) in [6, 6.07) is 7.97. The van der Waals surface area contributed by atoms with Crippen LogP contribution in [0.4, 0.5) is 18.9 Å². The fraction of sp³-hybridized carbons (Fsp3) is 0.188. The Bertz CT molecular complexity index is 924. The number of aromatic nitrogens is 2. The van der Waals surface area contributed by atoms with Crippen LogP contribution >= 0.6 is 11.8 Å². The van der Waals surface area contributed by atoms with Crippen molar-refractivity contribution in [3.8, 4) is 0 Å². The highest BCUT2D eigenvalue weighted by atomic mass is 32.2. The van der Waals surface area contributed by atoms with Crippen molar-refractivity contribution in [2.75, 3.05) is 11.1 Å². The van der Waals surface area contributed by atoms with E-state index in [1.165, 1.54) is 12.1 Å². The smallest absolute Gasteiger partial charge is 0.416 e. The van der Waals surface area contributed by atoms with E-state index in [0.717, 1.165) is 29.6 Å². The molecular weight excluding hydrogens is 355 g/mol. The van der Waals surface area contributed by atoms with Gasteiger partial charge in [-0.05, 0) is 37.3 Å². The largest absolute Gasteiger partial charge is 0.430 e. The molecule has 0 spiro atoms. The molecule has 0 aliphatic carbocycles. The lowest BCUT2D eigenvalue weighted by Crippen LogP contribution is -2.15. The Balaban J connectivity index is 1.62. The molecular formula is C16H12F3N3O2S. The Kier molecular flexibility index (Phi) is 4.67. The van der Waals surface area contributed by atoms with Crippen LogP contribution < -0.4 is 5.32 Å². The number of thioether (sulfide) groups is 1. The van der Waals surface area contributed by atoms with Gasteiger partial charge in [0, 0.05) is 11.4 Å². The van der Waals surface area contributed by atoms with E-state index in [9.17, 15) is 18.0 Å². The van der Waals surface area contributed by atoms with Crippen LogP contribution in [0.25, 0.3) is 11.2 Å². The summed E-state index contributed by atoms with van der Waals surface area (Å²) in [6.07, 6.45) is -4.46. The average Bonchev–Trinajstić information content (AvgIpc) is 2.94. The molecule has 1 amide bonds. The number of aryl methyl sites for hydroxylation is 1. The summed E-state index contributed by atoms with van der Waals surface area (Å²) >= 11 is 1.04. The van der Waals surface area contributed by atoms with Crippen LogP contribution in [0.2, 0.25) is 0 Å². The van der Waals surface area contributed by atoms with Crippen molar-refractivity contribution in [2.24, 2.45) is 0 Å². The molecule has 9 heteroatoms. The Morgan fingerprint density at radius 1 is 1.24 bits per heavy atom. The Morgan fingerprint density at radius 2 is 2.04 bits per heavy atom. The van der Waals surface area contributed by atoms with Crippen molar-refractivity contribution in [1.82, 2.24) is 9.97 Å². The van der Waals surface area contributed by atoms with E-state index in [1.807, 2.05) is 6.92 Å². The summed E-state index contributed by atoms with van der Waals surface area (Å²) in [7, 11) is 0. The van der Waals surface area contributed by atoms with Crippen LogP contribution in [0.3, 0.4) is 0 Å². The predicted octanol–water partition coefficient (Wildman–Crippen LogP) is 4.28. The summed E-state index contributed by atoms with van der Waals surface area (Å²) in [5.41, 5.74) is 1.00. The van der Waals surface area contributed by atoms with E-state index in [1.54, 1.807) is 12.1 Å². The minimum absolute atomic E-state index is 0.0535. The molecule has 0 saturated heterocycles. The molecule has 1 N–H and O–H groups in total. The third-order valence-electron chi connectivity index (χ3n) is 3.17. The molecule has 0 aliphatic heterocycles. The first-order valence-electron chi connectivity index (χ1n) is 7.15. The number of nitrogens with one attached hydrogen (secondary N) is 1. The Hall–Kier alpha value is -2.55. The molecule has 3 aromatic rings. The molecule has 25 heavy (non-hydrogen) atoms. The van der Waals surface area contributed by atoms with Gasteiger partial charge in [-0.15, -0.1) is 0 Å². The number of pyridine rings is 1. The lowest BCUT2D eigenvalue weighted by atomic mass is 10.2. The monoisotopic (exact) mass is 367 g/mol. The number of amides is 1. The fourth-order valence-electron chi connectivity index (χ4n) is 2.05. The highest BCUT2D eigenvalue weighted by molar-refractivity contribution is 7.99. The molecule has 3 rings (SSSR count). The molecule has 0 unspecified atom stereocenters. The molecule has 1 aromatic carbocycles. The maximum absolute atomic E-state index is 12.7. The highest BCUT2D eigenvalue weighted by Gasteiger charge is 2.30. The van der Waals surface area contributed by atoms with Gasteiger partial charge in [-0.2, -0.15) is 18.2 Å². The number of nitrogens with zero attached hydrogens (tertiary/aromatic N) is 2. The number of oxazole rings is 1. The predicted molar refractivity (Wildman–Crippen MR) is 87.3 cm³/mol. The second-order valence-electron chi connectivity index (χ2n) is 5.17. The molecule has 2 aromatic heterocycles. The van der Waals surface area contributed by atoms with Gasteiger partial charge < -0.3 is 9.73 Å². The zero-order valence-electron chi connectivity index (χ0n) is 12.9. The quantitative estimate of drug-likeness (QED) is 0.697. The van der Waals surface area contributed by atoms with Gasteiger partial charge in [0.1, 0.15) is 0 Å². The van der Waals surface area contributed by atoms with Crippen molar-refractivity contribution in [2.45, 2.75) is 18.3 Å².